The molecule has 0 aliphatic carbocycles. The molecule has 592 valence electrons. The number of nitrogens with two attached hydrogens (primary N) is 2. The van der Waals surface area contributed by atoms with Gasteiger partial charge in [-0.3, -0.25) is 62.3 Å². The van der Waals surface area contributed by atoms with Crippen molar-refractivity contribution >= 4 is 82.9 Å². The average molecular weight is 1490 g/mol. The van der Waals surface area contributed by atoms with Crippen molar-refractivity contribution in [2.45, 2.75) is 263 Å². The number of aromatic hydroxyl groups is 1. The first-order valence-corrected chi connectivity index (χ1v) is 36.1. The molecular formula is C70H116N14O21. The third-order valence-corrected chi connectivity index (χ3v) is 18.8. The van der Waals surface area contributed by atoms with Crippen LogP contribution in [0.3, 0.4) is 0 Å². The molecule has 3 rings (SSSR count). The number of hydrogen-bond acceptors (Lipinski definition) is 21. The van der Waals surface area contributed by atoms with Crippen molar-refractivity contribution in [2.75, 3.05) is 26.8 Å². The Morgan fingerprint density at radius 3 is 1.67 bits per heavy atom. The van der Waals surface area contributed by atoms with E-state index in [4.69, 9.17) is 16.2 Å². The quantitative estimate of drug-likeness (QED) is 0.0486. The van der Waals surface area contributed by atoms with Crippen LogP contribution in [0.15, 0.2) is 24.3 Å². The molecule has 2 aliphatic rings. The minimum absolute atomic E-state index is 0.0217. The molecule has 1 aromatic rings. The van der Waals surface area contributed by atoms with Gasteiger partial charge < -0.3 is 110 Å². The predicted molar refractivity (Wildman–Crippen MR) is 380 cm³/mol. The molecule has 35 nitrogen and oxygen atoms in total. The van der Waals surface area contributed by atoms with E-state index in [0.717, 1.165) is 9.80 Å². The number of phenolic OH excluding ortho intramolecular Hbond substituents is 1. The van der Waals surface area contributed by atoms with Crippen LogP contribution in [0, 0.1) is 29.6 Å². The maximum absolute atomic E-state index is 14.9. The van der Waals surface area contributed by atoms with E-state index in [-0.39, 0.29) is 63.7 Å². The van der Waals surface area contributed by atoms with Crippen molar-refractivity contribution < 1.29 is 102 Å². The number of benzene rings is 1. The minimum Gasteiger partial charge on any atom is -0.508 e. The lowest BCUT2D eigenvalue weighted by Gasteiger charge is -2.36. The van der Waals surface area contributed by atoms with Crippen molar-refractivity contribution in [1.29, 1.82) is 0 Å². The number of rotatable bonds is 24. The van der Waals surface area contributed by atoms with E-state index in [1.165, 1.54) is 52.1 Å². The number of carbonyl (C=O) groups is 14. The second-order valence-corrected chi connectivity index (χ2v) is 28.6. The summed E-state index contributed by atoms with van der Waals surface area (Å²) < 4.78 is 4.92. The second kappa shape index (κ2) is 43.6. The highest BCUT2D eigenvalue weighted by molar-refractivity contribution is 6.00. The molecule has 14 amide bonds. The molecule has 3 unspecified atom stereocenters. The SMILES string of the molecule is CCCC(O)C[C@@H]1CC(=O)N[C@@H]([C@H](C)CC)C(=O)N[C@H](C(O)C(C)C)C(=O)N[C@@H](CCOC(N)=O)C(=O)N[C@H](CC(C)C)C(=O)N[C@@H](CCC(N)=O)C(=O)N(C)[C@@H]([C@@H](C)CC)C(=O)N[C@H](C(O)CO)C(=O)N[C@H](C(C)C)C(=O)N2CCC[C@H]2C(=O)N[C@H](Cc2ccc(O)cc2)C(=O)N[C@@H]([C@@H](C)O)C(=O)N1. The number of likely N-dealkylation sites (N-methyl/N-ethyl adjacent to an activating group) is 1. The van der Waals surface area contributed by atoms with E-state index in [1.807, 2.05) is 0 Å². The van der Waals surface area contributed by atoms with Crippen LogP contribution in [0.4, 0.5) is 4.79 Å². The Kier molecular flexibility index (Phi) is 37.5. The molecule has 2 heterocycles. The van der Waals surface area contributed by atoms with Gasteiger partial charge >= 0.3 is 6.09 Å². The van der Waals surface area contributed by atoms with Gasteiger partial charge in [0.15, 0.2) is 0 Å². The lowest BCUT2D eigenvalue weighted by Crippen LogP contribution is -2.64. The number of amides is 14. The van der Waals surface area contributed by atoms with E-state index in [9.17, 15) is 97.8 Å². The number of hydrogen-bond donors (Lipinski definition) is 18. The summed E-state index contributed by atoms with van der Waals surface area (Å²) in [6.45, 7) is 17.1. The van der Waals surface area contributed by atoms with E-state index >= 15 is 0 Å². The zero-order valence-corrected chi connectivity index (χ0v) is 62.6. The number of ether oxygens (including phenoxy) is 1. The molecule has 2 saturated heterocycles. The van der Waals surface area contributed by atoms with Crippen LogP contribution in [0.5, 0.6) is 5.75 Å². The fourth-order valence-electron chi connectivity index (χ4n) is 12.3. The highest BCUT2D eigenvalue weighted by Crippen LogP contribution is 2.24. The number of primary amides is 2. The van der Waals surface area contributed by atoms with Crippen molar-refractivity contribution in [2.24, 2.45) is 41.1 Å². The highest BCUT2D eigenvalue weighted by atomic mass is 16.5. The van der Waals surface area contributed by atoms with Crippen molar-refractivity contribution in [1.82, 2.24) is 63.0 Å². The molecule has 0 spiro atoms. The predicted octanol–water partition coefficient (Wildman–Crippen LogP) is -3.15. The molecule has 35 heteroatoms. The Morgan fingerprint density at radius 2 is 1.11 bits per heavy atom. The molecule has 0 saturated carbocycles. The first kappa shape index (κ1) is 90.4. The van der Waals surface area contributed by atoms with E-state index in [0.29, 0.717) is 12.0 Å². The number of aliphatic hydroxyl groups excluding tert-OH is 5. The zero-order chi connectivity index (χ0) is 79.4. The van der Waals surface area contributed by atoms with Gasteiger partial charge in [-0.25, -0.2) is 4.79 Å². The van der Waals surface area contributed by atoms with Gasteiger partial charge in [-0.2, -0.15) is 0 Å². The molecule has 0 aromatic heterocycles. The average Bonchev–Trinajstić information content (AvgIpc) is 1.80. The van der Waals surface area contributed by atoms with Crippen LogP contribution in [0.1, 0.15) is 166 Å². The van der Waals surface area contributed by atoms with Crippen molar-refractivity contribution in [3.8, 4) is 5.75 Å². The molecular weight excluding hydrogens is 1370 g/mol. The number of carbonyl (C=O) groups excluding carboxylic acids is 14. The van der Waals surface area contributed by atoms with Gasteiger partial charge in [0, 0.05) is 45.3 Å². The van der Waals surface area contributed by atoms with E-state index in [2.05, 4.69) is 53.2 Å². The lowest BCUT2D eigenvalue weighted by atomic mass is 9.94. The fourth-order valence-corrected chi connectivity index (χ4v) is 12.3. The summed E-state index contributed by atoms with van der Waals surface area (Å²) in [7, 11) is 1.18. The summed E-state index contributed by atoms with van der Waals surface area (Å²) in [5, 5.41) is 91.3. The number of aliphatic hydroxyl groups is 5. The summed E-state index contributed by atoms with van der Waals surface area (Å²) in [4.78, 5) is 202. The summed E-state index contributed by atoms with van der Waals surface area (Å²) in [5.41, 5.74) is 11.2. The van der Waals surface area contributed by atoms with Crippen LogP contribution in [-0.2, 0) is 73.5 Å². The largest absolute Gasteiger partial charge is 0.508 e. The van der Waals surface area contributed by atoms with E-state index < -0.39 is 248 Å². The van der Waals surface area contributed by atoms with Gasteiger partial charge in [0.2, 0.25) is 76.8 Å². The molecule has 2 fully saturated rings. The summed E-state index contributed by atoms with van der Waals surface area (Å²) >= 11 is 0. The van der Waals surface area contributed by atoms with Crippen LogP contribution in [-0.4, -0.2) is 247 Å². The number of nitrogens with one attached hydrogen (secondary N) is 10. The normalized spacial score (nSPS) is 26.7. The molecule has 20 N–H and O–H groups in total. The molecule has 2 aliphatic heterocycles. The minimum atomic E-state index is -2.07. The highest BCUT2D eigenvalue weighted by Gasteiger charge is 2.45. The smallest absolute Gasteiger partial charge is 0.404 e. The second-order valence-electron chi connectivity index (χ2n) is 28.6. The zero-order valence-electron chi connectivity index (χ0n) is 62.6. The Hall–Kier alpha value is -8.80. The molecule has 0 radical (unpaired) electrons. The Bertz CT molecular complexity index is 3120. The topological polar surface area (TPSA) is 548 Å². The van der Waals surface area contributed by atoms with Crippen LogP contribution >= 0.6 is 0 Å². The number of nitrogens with zero attached hydrogens (tertiary/aromatic N) is 2. The Balaban J connectivity index is 2.38. The van der Waals surface area contributed by atoms with Gasteiger partial charge in [-0.15, -0.1) is 0 Å². The maximum Gasteiger partial charge on any atom is 0.404 e. The van der Waals surface area contributed by atoms with Crippen molar-refractivity contribution in [3.63, 3.8) is 0 Å². The fraction of sp³-hybridized carbons (Fsp3) is 0.714. The van der Waals surface area contributed by atoms with Crippen LogP contribution in [0.25, 0.3) is 0 Å². The molecule has 1 aromatic carbocycles. The molecule has 0 bridgehead atoms. The Morgan fingerprint density at radius 1 is 0.581 bits per heavy atom. The Labute approximate surface area is 613 Å². The summed E-state index contributed by atoms with van der Waals surface area (Å²) in [5.74, 6) is -17.0. The first-order chi connectivity index (χ1) is 49.2. The van der Waals surface area contributed by atoms with E-state index in [1.54, 1.807) is 62.3 Å². The van der Waals surface area contributed by atoms with Gasteiger partial charge in [-0.05, 0) is 92.7 Å². The van der Waals surface area contributed by atoms with Crippen LogP contribution < -0.4 is 64.6 Å². The van der Waals surface area contributed by atoms with Gasteiger partial charge in [-0.1, -0.05) is 108 Å². The van der Waals surface area contributed by atoms with Gasteiger partial charge in [0.1, 0.15) is 78.3 Å². The monoisotopic (exact) mass is 1490 g/mol. The van der Waals surface area contributed by atoms with Gasteiger partial charge in [0.25, 0.3) is 0 Å². The standard InChI is InChI=1S/C70H116N14O21/c1-14-18-43(88)31-41-32-51(91)78-53(37(10)15-2)63(97)82-56(58(92)36(8)9)66(100)74-44(26-28-105-70(72)104)59(93)76-46(29-34(4)5)60(94)75-45(24-25-50(71)90)68(102)83(13)57(38(11)16-3)67(101)81-55(49(89)33-85)65(99)79-52(35(6)7)69(103)84-27-17-19-48(84)62(96)77-47(30-40-20-22-42(87)23-21-40)61(95)80-54(39(12)86)64(98)73-41/h20-23,34-39,41,43-49,52-58,85-89,92H,14-19,24-33H2,1-13H3,(H2,71,90)(H2,72,104)(H,73,98)(H,74,100)(H,75,94)(H,76,93)(H,77,96)(H,78,91)(H,79,99)(H,80,95)(H,81,101)(H,82,97)/t37-,38+,39-,41-,43?,44+,45+,46-,47-,48+,49?,52-,53+,54+,55-,56-,57+,58?/m1/s1. The van der Waals surface area contributed by atoms with Gasteiger partial charge in [0.05, 0.1) is 31.5 Å². The van der Waals surface area contributed by atoms with Crippen molar-refractivity contribution in [3.05, 3.63) is 29.8 Å². The molecule has 105 heavy (non-hydrogen) atoms. The summed E-state index contributed by atoms with van der Waals surface area (Å²) in [6.07, 6.45) is -9.62. The first-order valence-electron chi connectivity index (χ1n) is 36.1. The third kappa shape index (κ3) is 28.2. The van der Waals surface area contributed by atoms with Crippen LogP contribution in [0.2, 0.25) is 0 Å². The number of phenols is 1. The lowest BCUT2D eigenvalue weighted by molar-refractivity contribution is -0.146. The molecule has 18 atom stereocenters. The summed E-state index contributed by atoms with van der Waals surface area (Å²) in [6, 6.07) is -14.1. The third-order valence-electron chi connectivity index (χ3n) is 18.8. The maximum atomic E-state index is 14.9. The number of fused-ring (bicyclic) bond motifs is 1.